The number of hydrogen-bond acceptors (Lipinski definition) is 3. The first-order valence-electron chi connectivity index (χ1n) is 6.41. The van der Waals surface area contributed by atoms with Gasteiger partial charge in [0, 0.05) is 11.7 Å². The van der Waals surface area contributed by atoms with Crippen molar-refractivity contribution in [2.45, 2.75) is 39.5 Å². The van der Waals surface area contributed by atoms with E-state index >= 15 is 0 Å². The number of nitrogens with one attached hydrogen (secondary N) is 1. The summed E-state index contributed by atoms with van der Waals surface area (Å²) in [6.07, 6.45) is 0. The van der Waals surface area contributed by atoms with Crippen LogP contribution in [0.4, 0.5) is 5.69 Å². The van der Waals surface area contributed by atoms with Crippen molar-refractivity contribution >= 4 is 15.7 Å². The zero-order chi connectivity index (χ0) is 14.5. The lowest BCUT2D eigenvalue weighted by Gasteiger charge is -2.08. The quantitative estimate of drug-likeness (QED) is 0.831. The predicted molar refractivity (Wildman–Crippen MR) is 78.0 cm³/mol. The molecule has 0 spiro atoms. The van der Waals surface area contributed by atoms with E-state index in [1.807, 2.05) is 0 Å². The smallest absolute Gasteiger partial charge is 0.216 e. The van der Waals surface area contributed by atoms with Crippen LogP contribution in [0.2, 0.25) is 0 Å². The van der Waals surface area contributed by atoms with E-state index in [0.717, 1.165) is 0 Å². The van der Waals surface area contributed by atoms with E-state index in [0.29, 0.717) is 11.3 Å². The van der Waals surface area contributed by atoms with Crippen LogP contribution in [0.5, 0.6) is 0 Å². The highest BCUT2D eigenvalue weighted by Gasteiger charge is 2.65. The van der Waals surface area contributed by atoms with Gasteiger partial charge in [-0.1, -0.05) is 39.8 Å². The molecule has 0 heterocycles. The van der Waals surface area contributed by atoms with Crippen LogP contribution >= 0.6 is 0 Å². The molecular formula is C14H22N2O2S. The van der Waals surface area contributed by atoms with Crippen LogP contribution in [0.1, 0.15) is 33.3 Å². The molecule has 3 N–H and O–H groups in total. The Balaban J connectivity index is 2.09. The second-order valence-corrected chi connectivity index (χ2v) is 8.25. The zero-order valence-corrected chi connectivity index (χ0v) is 12.7. The Hall–Kier alpha value is -1.07. The number of hydrogen-bond donors (Lipinski definition) is 2. The van der Waals surface area contributed by atoms with Gasteiger partial charge in [-0.15, -0.1) is 0 Å². The number of nitrogen functional groups attached to an aromatic ring is 1. The molecule has 4 nitrogen and oxygen atoms in total. The first kappa shape index (κ1) is 14.3. The van der Waals surface area contributed by atoms with E-state index < -0.39 is 10.0 Å². The van der Waals surface area contributed by atoms with Gasteiger partial charge in [0.2, 0.25) is 10.0 Å². The van der Waals surface area contributed by atoms with Crippen LogP contribution in [0.3, 0.4) is 0 Å². The molecule has 0 aromatic heterocycles. The number of rotatable bonds is 4. The van der Waals surface area contributed by atoms with E-state index in [1.54, 1.807) is 24.3 Å². The molecule has 2 rings (SSSR count). The van der Waals surface area contributed by atoms with Crippen molar-refractivity contribution in [2.24, 2.45) is 10.8 Å². The molecule has 5 heteroatoms. The fraction of sp³-hybridized carbons (Fsp3) is 0.571. The van der Waals surface area contributed by atoms with Gasteiger partial charge in [-0.3, -0.25) is 0 Å². The Morgan fingerprint density at radius 2 is 1.79 bits per heavy atom. The van der Waals surface area contributed by atoms with E-state index in [4.69, 9.17) is 5.73 Å². The van der Waals surface area contributed by atoms with E-state index in [9.17, 15) is 8.42 Å². The minimum absolute atomic E-state index is 0.00418. The molecule has 1 saturated carbocycles. The monoisotopic (exact) mass is 282 g/mol. The molecule has 1 fully saturated rings. The third-order valence-corrected chi connectivity index (χ3v) is 5.93. The van der Waals surface area contributed by atoms with Gasteiger partial charge >= 0.3 is 0 Å². The normalized spacial score (nSPS) is 21.3. The Labute approximate surface area is 115 Å². The lowest BCUT2D eigenvalue weighted by atomic mass is 10.0. The van der Waals surface area contributed by atoms with Gasteiger partial charge in [0.25, 0.3) is 0 Å². The van der Waals surface area contributed by atoms with Crippen molar-refractivity contribution in [1.29, 1.82) is 0 Å². The van der Waals surface area contributed by atoms with Crippen molar-refractivity contribution in [3.63, 3.8) is 0 Å². The summed E-state index contributed by atoms with van der Waals surface area (Å²) in [4.78, 5) is 0. The second kappa shape index (κ2) is 4.21. The van der Waals surface area contributed by atoms with E-state index in [-0.39, 0.29) is 22.6 Å². The summed E-state index contributed by atoms with van der Waals surface area (Å²) >= 11 is 0. The van der Waals surface area contributed by atoms with Crippen molar-refractivity contribution in [2.75, 3.05) is 5.73 Å². The largest absolute Gasteiger partial charge is 0.399 e. The molecule has 0 atom stereocenters. The second-order valence-electron chi connectivity index (χ2n) is 6.50. The summed E-state index contributed by atoms with van der Waals surface area (Å²) in [6, 6.07) is 6.98. The summed E-state index contributed by atoms with van der Waals surface area (Å²) in [5.41, 5.74) is 6.95. The van der Waals surface area contributed by atoms with Gasteiger partial charge in [-0.2, -0.15) is 0 Å². The molecule has 106 valence electrons. The fourth-order valence-corrected chi connectivity index (χ4v) is 4.26. The number of anilines is 1. The van der Waals surface area contributed by atoms with Gasteiger partial charge in [-0.05, 0) is 28.5 Å². The van der Waals surface area contributed by atoms with Crippen LogP contribution in [-0.2, 0) is 15.8 Å². The molecule has 0 unspecified atom stereocenters. The lowest BCUT2D eigenvalue weighted by molar-refractivity contribution is 0.457. The standard InChI is InChI=1S/C14H22N2O2S/c1-13(2)12(14(13,3)4)16-19(17,18)9-10-6-5-7-11(15)8-10/h5-8,12,16H,9,15H2,1-4H3. The maximum absolute atomic E-state index is 12.2. The van der Waals surface area contributed by atoms with E-state index in [1.165, 1.54) is 0 Å². The summed E-state index contributed by atoms with van der Waals surface area (Å²) in [5, 5.41) is 0. The highest BCUT2D eigenvalue weighted by Crippen LogP contribution is 2.62. The maximum Gasteiger partial charge on any atom is 0.216 e. The van der Waals surface area contributed by atoms with Gasteiger partial charge in [0.1, 0.15) is 0 Å². The van der Waals surface area contributed by atoms with Gasteiger partial charge in [0.05, 0.1) is 5.75 Å². The van der Waals surface area contributed by atoms with Crippen molar-refractivity contribution in [1.82, 2.24) is 4.72 Å². The highest BCUT2D eigenvalue weighted by molar-refractivity contribution is 7.88. The third kappa shape index (κ3) is 2.62. The fourth-order valence-electron chi connectivity index (χ4n) is 2.61. The van der Waals surface area contributed by atoms with E-state index in [2.05, 4.69) is 32.4 Å². The number of sulfonamides is 1. The average Bonchev–Trinajstić information content (AvgIpc) is 2.59. The van der Waals surface area contributed by atoms with Crippen molar-refractivity contribution in [3.05, 3.63) is 29.8 Å². The molecular weight excluding hydrogens is 260 g/mol. The van der Waals surface area contributed by atoms with Gasteiger partial charge in [-0.25, -0.2) is 13.1 Å². The van der Waals surface area contributed by atoms with Crippen LogP contribution in [0.25, 0.3) is 0 Å². The summed E-state index contributed by atoms with van der Waals surface area (Å²) < 4.78 is 27.2. The first-order valence-corrected chi connectivity index (χ1v) is 8.06. The Morgan fingerprint density at radius 1 is 1.21 bits per heavy atom. The topological polar surface area (TPSA) is 72.2 Å². The summed E-state index contributed by atoms with van der Waals surface area (Å²) in [7, 11) is -3.34. The van der Waals surface area contributed by atoms with Crippen LogP contribution in [0.15, 0.2) is 24.3 Å². The minimum Gasteiger partial charge on any atom is -0.399 e. The highest BCUT2D eigenvalue weighted by atomic mass is 32.2. The van der Waals surface area contributed by atoms with Gasteiger partial charge < -0.3 is 5.73 Å². The maximum atomic E-state index is 12.2. The zero-order valence-electron chi connectivity index (χ0n) is 11.9. The number of benzene rings is 1. The van der Waals surface area contributed by atoms with Crippen LogP contribution < -0.4 is 10.5 Å². The molecule has 0 amide bonds. The van der Waals surface area contributed by atoms with Crippen molar-refractivity contribution in [3.8, 4) is 0 Å². The summed E-state index contributed by atoms with van der Waals surface area (Å²) in [6.45, 7) is 8.34. The Bertz CT molecular complexity index is 577. The minimum atomic E-state index is -3.34. The average molecular weight is 282 g/mol. The molecule has 0 radical (unpaired) electrons. The first-order chi connectivity index (χ1) is 8.56. The number of nitrogens with two attached hydrogens (primary N) is 1. The Kier molecular flexibility index (Phi) is 3.18. The van der Waals surface area contributed by atoms with Crippen LogP contribution in [0, 0.1) is 10.8 Å². The predicted octanol–water partition coefficient (Wildman–Crippen LogP) is 2.12. The lowest BCUT2D eigenvalue weighted by Crippen LogP contribution is -2.31. The molecule has 1 aromatic rings. The molecule has 1 aliphatic carbocycles. The van der Waals surface area contributed by atoms with Gasteiger partial charge in [0.15, 0.2) is 0 Å². The van der Waals surface area contributed by atoms with Crippen LogP contribution in [-0.4, -0.2) is 14.5 Å². The van der Waals surface area contributed by atoms with Crippen molar-refractivity contribution < 1.29 is 8.42 Å². The summed E-state index contributed by atoms with van der Waals surface area (Å²) in [5.74, 6) is -0.0271. The third-order valence-electron chi connectivity index (χ3n) is 4.63. The SMILES string of the molecule is CC1(C)C(NS(=O)(=O)Cc2cccc(N)c2)C1(C)C. The molecule has 1 aliphatic rings. The molecule has 0 aliphatic heterocycles. The molecule has 0 bridgehead atoms. The molecule has 19 heavy (non-hydrogen) atoms. The molecule has 0 saturated heterocycles. The Morgan fingerprint density at radius 3 is 2.26 bits per heavy atom. The molecule has 1 aromatic carbocycles.